The standard InChI is InChI=1S/C20H26N4OS/c1-15-20(22-14-21-15)13-23-9-16-4-5-17(11-23)24(10-16)12-19-7-6-18(26-19)3-2-8-25/h6-7,14,16-17,25H,4-5,8-13H2,1H3,(H,21,22)/t16-,17+/m1/s1. The number of aliphatic hydroxyl groups is 1. The van der Waals surface area contributed by atoms with Gasteiger partial charge >= 0.3 is 0 Å². The Kier molecular flexibility index (Phi) is 5.41. The van der Waals surface area contributed by atoms with Crippen LogP contribution in [0.15, 0.2) is 18.5 Å². The van der Waals surface area contributed by atoms with Crippen LogP contribution in [0.3, 0.4) is 0 Å². The molecule has 0 saturated carbocycles. The summed E-state index contributed by atoms with van der Waals surface area (Å²) in [6, 6.07) is 4.89. The number of imidazole rings is 1. The van der Waals surface area contributed by atoms with Gasteiger partial charge in [-0.2, -0.15) is 0 Å². The first-order valence-electron chi connectivity index (χ1n) is 9.35. The fraction of sp³-hybridized carbons (Fsp3) is 0.550. The molecular formula is C20H26N4OS. The second-order valence-corrected chi connectivity index (χ2v) is 8.59. The number of fused-ring (bicyclic) bond motifs is 4. The van der Waals surface area contributed by atoms with Crippen molar-refractivity contribution in [2.45, 2.75) is 38.9 Å². The molecular weight excluding hydrogens is 344 g/mol. The van der Waals surface area contributed by atoms with Crippen molar-refractivity contribution in [2.24, 2.45) is 5.92 Å². The zero-order valence-electron chi connectivity index (χ0n) is 15.2. The lowest BCUT2D eigenvalue weighted by Gasteiger charge is -2.35. The first kappa shape index (κ1) is 17.7. The minimum atomic E-state index is -0.0750. The molecule has 5 nitrogen and oxygen atoms in total. The average Bonchev–Trinajstić information content (AvgIpc) is 3.14. The number of aromatic amines is 1. The van der Waals surface area contributed by atoms with Crippen molar-refractivity contribution in [1.82, 2.24) is 19.8 Å². The summed E-state index contributed by atoms with van der Waals surface area (Å²) in [5.41, 5.74) is 2.37. The van der Waals surface area contributed by atoms with E-state index in [2.05, 4.69) is 50.7 Å². The summed E-state index contributed by atoms with van der Waals surface area (Å²) < 4.78 is 0. The number of piperidine rings is 1. The van der Waals surface area contributed by atoms with E-state index in [1.807, 2.05) is 0 Å². The molecule has 6 heteroatoms. The van der Waals surface area contributed by atoms with E-state index in [1.54, 1.807) is 17.7 Å². The Labute approximate surface area is 159 Å². The molecule has 2 atom stereocenters. The van der Waals surface area contributed by atoms with Crippen LogP contribution in [0.1, 0.15) is 34.0 Å². The van der Waals surface area contributed by atoms with E-state index in [9.17, 15) is 0 Å². The summed E-state index contributed by atoms with van der Waals surface area (Å²) in [5.74, 6) is 6.51. The molecule has 2 aromatic heterocycles. The van der Waals surface area contributed by atoms with Gasteiger partial charge in [-0.25, -0.2) is 4.98 Å². The van der Waals surface area contributed by atoms with Crippen LogP contribution in [0.5, 0.6) is 0 Å². The van der Waals surface area contributed by atoms with E-state index in [-0.39, 0.29) is 6.61 Å². The van der Waals surface area contributed by atoms with Gasteiger partial charge in [0.2, 0.25) is 0 Å². The van der Waals surface area contributed by atoms with Gasteiger partial charge in [0, 0.05) is 49.3 Å². The van der Waals surface area contributed by atoms with E-state index in [0.717, 1.165) is 30.4 Å². The Morgan fingerprint density at radius 3 is 3.00 bits per heavy atom. The van der Waals surface area contributed by atoms with Gasteiger partial charge in [-0.3, -0.25) is 9.80 Å². The topological polar surface area (TPSA) is 55.4 Å². The van der Waals surface area contributed by atoms with Gasteiger partial charge in [0.25, 0.3) is 0 Å². The predicted molar refractivity (Wildman–Crippen MR) is 104 cm³/mol. The highest BCUT2D eigenvalue weighted by Crippen LogP contribution is 2.31. The third kappa shape index (κ3) is 4.02. The molecule has 3 aliphatic rings. The van der Waals surface area contributed by atoms with Crippen molar-refractivity contribution in [1.29, 1.82) is 0 Å². The number of nitrogens with zero attached hydrogens (tertiary/aromatic N) is 3. The van der Waals surface area contributed by atoms with Crippen LogP contribution in [0.25, 0.3) is 0 Å². The number of nitrogens with one attached hydrogen (secondary N) is 1. The second-order valence-electron chi connectivity index (χ2n) is 7.42. The van der Waals surface area contributed by atoms with E-state index in [1.165, 1.54) is 42.2 Å². The zero-order chi connectivity index (χ0) is 17.9. The average molecular weight is 371 g/mol. The number of aliphatic hydroxyl groups excluding tert-OH is 1. The molecule has 2 N–H and O–H groups in total. The van der Waals surface area contributed by atoms with E-state index >= 15 is 0 Å². The molecule has 0 unspecified atom stereocenters. The van der Waals surface area contributed by atoms with Crippen LogP contribution < -0.4 is 0 Å². The van der Waals surface area contributed by atoms with Crippen LogP contribution in [-0.4, -0.2) is 57.2 Å². The third-order valence-corrected chi connectivity index (χ3v) is 6.51. The van der Waals surface area contributed by atoms with Gasteiger partial charge in [-0.1, -0.05) is 11.8 Å². The smallest absolute Gasteiger partial charge is 0.104 e. The lowest BCUT2D eigenvalue weighted by Crippen LogP contribution is -2.43. The molecule has 3 saturated heterocycles. The summed E-state index contributed by atoms with van der Waals surface area (Å²) in [6.45, 7) is 7.50. The molecule has 0 aliphatic carbocycles. The molecule has 2 aromatic rings. The molecule has 0 aromatic carbocycles. The molecule has 3 aliphatic heterocycles. The Morgan fingerprint density at radius 1 is 1.27 bits per heavy atom. The Morgan fingerprint density at radius 2 is 2.19 bits per heavy atom. The number of thiophene rings is 1. The van der Waals surface area contributed by atoms with Gasteiger partial charge in [0.15, 0.2) is 0 Å². The van der Waals surface area contributed by atoms with Crippen molar-refractivity contribution < 1.29 is 5.11 Å². The number of hydrogen-bond donors (Lipinski definition) is 2. The minimum absolute atomic E-state index is 0.0750. The Balaban J connectivity index is 1.41. The number of hydrogen-bond acceptors (Lipinski definition) is 5. The number of H-pyrrole nitrogens is 1. The molecule has 138 valence electrons. The maximum absolute atomic E-state index is 8.84. The summed E-state index contributed by atoms with van der Waals surface area (Å²) in [5, 5.41) is 8.84. The summed E-state index contributed by atoms with van der Waals surface area (Å²) >= 11 is 1.75. The highest BCUT2D eigenvalue weighted by Gasteiger charge is 2.35. The summed E-state index contributed by atoms with van der Waals surface area (Å²) in [4.78, 5) is 15.4. The van der Waals surface area contributed by atoms with Crippen molar-refractivity contribution in [3.8, 4) is 11.8 Å². The Hall–Kier alpha value is -1.65. The van der Waals surface area contributed by atoms with Gasteiger partial charge in [0.05, 0.1) is 16.9 Å². The molecule has 0 radical (unpaired) electrons. The maximum atomic E-state index is 8.84. The first-order valence-corrected chi connectivity index (χ1v) is 10.2. The zero-order valence-corrected chi connectivity index (χ0v) is 16.1. The lowest BCUT2D eigenvalue weighted by atomic mass is 9.95. The lowest BCUT2D eigenvalue weighted by molar-refractivity contribution is 0.124. The normalized spacial score (nSPS) is 23.6. The van der Waals surface area contributed by atoms with E-state index in [0.29, 0.717) is 6.04 Å². The van der Waals surface area contributed by atoms with E-state index < -0.39 is 0 Å². The van der Waals surface area contributed by atoms with Gasteiger partial charge in [-0.05, 0) is 37.8 Å². The minimum Gasteiger partial charge on any atom is -0.384 e. The van der Waals surface area contributed by atoms with Crippen molar-refractivity contribution in [2.75, 3.05) is 26.2 Å². The van der Waals surface area contributed by atoms with Gasteiger partial charge < -0.3 is 10.1 Å². The molecule has 2 bridgehead atoms. The molecule has 26 heavy (non-hydrogen) atoms. The fourth-order valence-corrected chi connectivity index (χ4v) is 5.12. The van der Waals surface area contributed by atoms with Crippen LogP contribution in [-0.2, 0) is 13.1 Å². The second kappa shape index (κ2) is 7.93. The molecule has 5 heterocycles. The number of rotatable bonds is 4. The predicted octanol–water partition coefficient (Wildman–Crippen LogP) is 2.22. The maximum Gasteiger partial charge on any atom is 0.104 e. The van der Waals surface area contributed by atoms with Crippen molar-refractivity contribution in [3.05, 3.63) is 39.6 Å². The quantitative estimate of drug-likeness (QED) is 0.811. The SMILES string of the molecule is Cc1[nH]cnc1CN1C[C@H]2CC[C@@H](C1)N(Cc1ccc(C#CCO)s1)C2. The first-order chi connectivity index (χ1) is 12.7. The molecule has 0 amide bonds. The van der Waals surface area contributed by atoms with E-state index in [4.69, 9.17) is 5.11 Å². The highest BCUT2D eigenvalue weighted by molar-refractivity contribution is 7.12. The molecule has 5 rings (SSSR count). The van der Waals surface area contributed by atoms with Crippen LogP contribution in [0.2, 0.25) is 0 Å². The van der Waals surface area contributed by atoms with Crippen molar-refractivity contribution >= 4 is 11.3 Å². The number of aryl methyl sites for hydroxylation is 1. The van der Waals surface area contributed by atoms with Crippen LogP contribution in [0.4, 0.5) is 0 Å². The van der Waals surface area contributed by atoms with Crippen LogP contribution >= 0.6 is 11.3 Å². The summed E-state index contributed by atoms with van der Waals surface area (Å²) in [6.07, 6.45) is 4.44. The van der Waals surface area contributed by atoms with Crippen molar-refractivity contribution in [3.63, 3.8) is 0 Å². The largest absolute Gasteiger partial charge is 0.384 e. The molecule has 3 fully saturated rings. The fourth-order valence-electron chi connectivity index (χ4n) is 4.21. The van der Waals surface area contributed by atoms with Crippen LogP contribution in [0, 0.1) is 24.7 Å². The highest BCUT2D eigenvalue weighted by atomic mass is 32.1. The monoisotopic (exact) mass is 370 g/mol. The number of aromatic nitrogens is 2. The van der Waals surface area contributed by atoms with Gasteiger partial charge in [0.1, 0.15) is 6.61 Å². The Bertz CT molecular complexity index is 802. The third-order valence-electron chi connectivity index (χ3n) is 5.52. The summed E-state index contributed by atoms with van der Waals surface area (Å²) in [7, 11) is 0. The van der Waals surface area contributed by atoms with Gasteiger partial charge in [-0.15, -0.1) is 11.3 Å². The molecule has 0 spiro atoms.